The first-order chi connectivity index (χ1) is 8.88. The zero-order valence-electron chi connectivity index (χ0n) is 11.2. The Labute approximate surface area is 113 Å². The third-order valence-corrected chi connectivity index (χ3v) is 5.02. The molecule has 0 radical (unpaired) electrons. The predicted molar refractivity (Wildman–Crippen MR) is 69.7 cm³/mol. The lowest BCUT2D eigenvalue weighted by Gasteiger charge is -2.30. The van der Waals surface area contributed by atoms with E-state index in [-0.39, 0.29) is 5.03 Å². The molecule has 1 heterocycles. The molecule has 0 spiro atoms. The van der Waals surface area contributed by atoms with Crippen LogP contribution in [0.15, 0.2) is 11.2 Å². The number of aryl methyl sites for hydroxylation is 2. The molecule has 0 amide bonds. The predicted octanol–water partition coefficient (Wildman–Crippen LogP) is 1.23. The SMILES string of the molecule is Cc1nc(S(=O)(=O)NC2(C#N)CCCCC2)cn1C. The van der Waals surface area contributed by atoms with E-state index in [1.165, 1.54) is 6.20 Å². The topological polar surface area (TPSA) is 87.8 Å². The van der Waals surface area contributed by atoms with Crippen LogP contribution in [0.4, 0.5) is 0 Å². The van der Waals surface area contributed by atoms with E-state index in [1.54, 1.807) is 18.5 Å². The van der Waals surface area contributed by atoms with Gasteiger partial charge in [0.25, 0.3) is 10.0 Å². The smallest absolute Gasteiger partial charge is 0.260 e. The van der Waals surface area contributed by atoms with E-state index in [4.69, 9.17) is 0 Å². The molecule has 6 nitrogen and oxygen atoms in total. The van der Waals surface area contributed by atoms with Crippen molar-refractivity contribution in [2.75, 3.05) is 0 Å². The van der Waals surface area contributed by atoms with Crippen molar-refractivity contribution in [1.82, 2.24) is 14.3 Å². The van der Waals surface area contributed by atoms with Crippen LogP contribution in [0.5, 0.6) is 0 Å². The van der Waals surface area contributed by atoms with Gasteiger partial charge in [-0.1, -0.05) is 19.3 Å². The number of rotatable bonds is 3. The molecular weight excluding hydrogens is 264 g/mol. The third kappa shape index (κ3) is 2.80. The summed E-state index contributed by atoms with van der Waals surface area (Å²) in [6, 6.07) is 2.14. The monoisotopic (exact) mass is 282 g/mol. The van der Waals surface area contributed by atoms with E-state index in [0.717, 1.165) is 19.3 Å². The summed E-state index contributed by atoms with van der Waals surface area (Å²) in [7, 11) is -2.00. The molecule has 0 atom stereocenters. The van der Waals surface area contributed by atoms with E-state index in [0.29, 0.717) is 18.7 Å². The molecule has 0 saturated heterocycles. The second-order valence-electron chi connectivity index (χ2n) is 5.10. The molecule has 1 aromatic rings. The van der Waals surface area contributed by atoms with Crippen molar-refractivity contribution in [3.63, 3.8) is 0 Å². The molecule has 0 unspecified atom stereocenters. The van der Waals surface area contributed by atoms with E-state index >= 15 is 0 Å². The first kappa shape index (κ1) is 14.0. The summed E-state index contributed by atoms with van der Waals surface area (Å²) in [5.41, 5.74) is -0.970. The van der Waals surface area contributed by atoms with Crippen molar-refractivity contribution < 1.29 is 8.42 Å². The van der Waals surface area contributed by atoms with Crippen LogP contribution >= 0.6 is 0 Å². The summed E-state index contributed by atoms with van der Waals surface area (Å²) in [5.74, 6) is 0.620. The van der Waals surface area contributed by atoms with Gasteiger partial charge in [0.2, 0.25) is 0 Å². The first-order valence-electron chi connectivity index (χ1n) is 6.34. The number of hydrogen-bond acceptors (Lipinski definition) is 4. The lowest BCUT2D eigenvalue weighted by Crippen LogP contribution is -2.48. The van der Waals surface area contributed by atoms with Crippen LogP contribution in [0.2, 0.25) is 0 Å². The van der Waals surface area contributed by atoms with Crippen LogP contribution in [-0.2, 0) is 17.1 Å². The molecule has 1 aromatic heterocycles. The molecule has 1 N–H and O–H groups in total. The van der Waals surface area contributed by atoms with Gasteiger partial charge in [0.15, 0.2) is 5.03 Å². The molecule has 1 saturated carbocycles. The van der Waals surface area contributed by atoms with E-state index < -0.39 is 15.6 Å². The Morgan fingerprint density at radius 1 is 1.42 bits per heavy atom. The average molecular weight is 282 g/mol. The Balaban J connectivity index is 2.28. The highest BCUT2D eigenvalue weighted by Crippen LogP contribution is 2.29. The number of nitriles is 1. The molecule has 0 aliphatic heterocycles. The fraction of sp³-hybridized carbons (Fsp3) is 0.667. The van der Waals surface area contributed by atoms with Crippen LogP contribution in [0, 0.1) is 18.3 Å². The molecule has 1 fully saturated rings. The van der Waals surface area contributed by atoms with Crippen molar-refractivity contribution in [1.29, 1.82) is 5.26 Å². The number of aromatic nitrogens is 2. The molecule has 2 rings (SSSR count). The number of sulfonamides is 1. The minimum atomic E-state index is -3.74. The van der Waals surface area contributed by atoms with Crippen LogP contribution in [0.1, 0.15) is 37.9 Å². The molecule has 7 heteroatoms. The average Bonchev–Trinajstić information content (AvgIpc) is 2.71. The van der Waals surface area contributed by atoms with E-state index in [9.17, 15) is 13.7 Å². The Bertz CT molecular complexity index is 587. The maximum Gasteiger partial charge on any atom is 0.260 e. The van der Waals surface area contributed by atoms with Gasteiger partial charge < -0.3 is 4.57 Å². The zero-order chi connectivity index (χ0) is 14.1. The van der Waals surface area contributed by atoms with E-state index in [1.807, 2.05) is 0 Å². The molecule has 19 heavy (non-hydrogen) atoms. The van der Waals surface area contributed by atoms with Gasteiger partial charge in [-0.2, -0.15) is 9.98 Å². The van der Waals surface area contributed by atoms with Gasteiger partial charge in [0, 0.05) is 13.2 Å². The quantitative estimate of drug-likeness (QED) is 0.903. The number of hydrogen-bond donors (Lipinski definition) is 1. The maximum atomic E-state index is 12.3. The largest absolute Gasteiger partial charge is 0.337 e. The van der Waals surface area contributed by atoms with E-state index in [2.05, 4.69) is 15.8 Å². The lowest BCUT2D eigenvalue weighted by atomic mass is 9.84. The summed E-state index contributed by atoms with van der Waals surface area (Å²) in [6.45, 7) is 1.74. The molecular formula is C12H18N4O2S. The summed E-state index contributed by atoms with van der Waals surface area (Å²) in [5, 5.41) is 9.29. The van der Waals surface area contributed by atoms with Crippen molar-refractivity contribution in [2.45, 2.75) is 49.6 Å². The first-order valence-corrected chi connectivity index (χ1v) is 7.82. The van der Waals surface area contributed by atoms with Crippen molar-refractivity contribution in [3.05, 3.63) is 12.0 Å². The fourth-order valence-corrected chi connectivity index (χ4v) is 3.78. The van der Waals surface area contributed by atoms with Gasteiger partial charge in [0.05, 0.1) is 6.07 Å². The standard InChI is InChI=1S/C12H18N4O2S/c1-10-14-11(8-16(10)2)19(17,18)15-12(9-13)6-4-3-5-7-12/h8,15H,3-7H2,1-2H3. The Kier molecular flexibility index (Phi) is 3.65. The summed E-state index contributed by atoms with van der Waals surface area (Å²) in [4.78, 5) is 4.02. The highest BCUT2D eigenvalue weighted by atomic mass is 32.2. The summed E-state index contributed by atoms with van der Waals surface area (Å²) >= 11 is 0. The Morgan fingerprint density at radius 2 is 2.05 bits per heavy atom. The van der Waals surface area contributed by atoms with Gasteiger partial charge in [-0.3, -0.25) is 0 Å². The number of nitrogens with zero attached hydrogens (tertiary/aromatic N) is 3. The molecule has 0 aromatic carbocycles. The second-order valence-corrected chi connectivity index (χ2v) is 6.73. The van der Waals surface area contributed by atoms with Crippen molar-refractivity contribution in [3.8, 4) is 6.07 Å². The minimum Gasteiger partial charge on any atom is -0.337 e. The highest BCUT2D eigenvalue weighted by molar-refractivity contribution is 7.89. The van der Waals surface area contributed by atoms with Crippen LogP contribution < -0.4 is 4.72 Å². The van der Waals surface area contributed by atoms with Crippen LogP contribution in [0.25, 0.3) is 0 Å². The highest BCUT2D eigenvalue weighted by Gasteiger charge is 2.37. The van der Waals surface area contributed by atoms with Gasteiger partial charge in [-0.05, 0) is 19.8 Å². The maximum absolute atomic E-state index is 12.3. The van der Waals surface area contributed by atoms with Crippen molar-refractivity contribution in [2.24, 2.45) is 7.05 Å². The molecule has 0 bridgehead atoms. The van der Waals surface area contributed by atoms with Gasteiger partial charge in [-0.25, -0.2) is 13.4 Å². The summed E-state index contributed by atoms with van der Waals surface area (Å²) in [6.07, 6.45) is 5.39. The minimum absolute atomic E-state index is 0.0206. The molecule has 1 aliphatic carbocycles. The number of imidazole rings is 1. The van der Waals surface area contributed by atoms with Crippen LogP contribution in [-0.4, -0.2) is 23.5 Å². The normalized spacial score (nSPS) is 19.0. The van der Waals surface area contributed by atoms with Crippen LogP contribution in [0.3, 0.4) is 0 Å². The third-order valence-electron chi connectivity index (χ3n) is 3.61. The zero-order valence-corrected chi connectivity index (χ0v) is 12.0. The summed E-state index contributed by atoms with van der Waals surface area (Å²) < 4.78 is 28.8. The van der Waals surface area contributed by atoms with Gasteiger partial charge >= 0.3 is 0 Å². The molecule has 1 aliphatic rings. The fourth-order valence-electron chi connectivity index (χ4n) is 2.36. The second kappa shape index (κ2) is 4.94. The lowest BCUT2D eigenvalue weighted by molar-refractivity contribution is 0.337. The van der Waals surface area contributed by atoms with Crippen molar-refractivity contribution >= 4 is 10.0 Å². The van der Waals surface area contributed by atoms with Gasteiger partial charge in [0.1, 0.15) is 11.4 Å². The number of nitrogens with one attached hydrogen (secondary N) is 1. The Hall–Kier alpha value is -1.39. The Morgan fingerprint density at radius 3 is 2.53 bits per heavy atom. The molecule has 104 valence electrons. The van der Waals surface area contributed by atoms with Gasteiger partial charge in [-0.15, -0.1) is 0 Å².